The highest BCUT2D eigenvalue weighted by molar-refractivity contribution is 5.88. The minimum Gasteiger partial charge on any atom is -0.460 e. The van der Waals surface area contributed by atoms with E-state index in [1.165, 1.54) is 11.8 Å². The van der Waals surface area contributed by atoms with Gasteiger partial charge in [-0.05, 0) is 13.3 Å². The fourth-order valence-corrected chi connectivity index (χ4v) is 3.01. The number of aromatic nitrogens is 1. The van der Waals surface area contributed by atoms with Crippen molar-refractivity contribution in [3.63, 3.8) is 0 Å². The van der Waals surface area contributed by atoms with Gasteiger partial charge in [0.1, 0.15) is 0 Å². The molecule has 0 saturated carbocycles. The fourth-order valence-electron chi connectivity index (χ4n) is 3.01. The van der Waals surface area contributed by atoms with Crippen molar-refractivity contribution in [2.24, 2.45) is 0 Å². The smallest absolute Gasteiger partial charge is 0.437 e. The van der Waals surface area contributed by atoms with Crippen LogP contribution >= 0.6 is 0 Å². The van der Waals surface area contributed by atoms with Crippen LogP contribution in [0.3, 0.4) is 0 Å². The van der Waals surface area contributed by atoms with Gasteiger partial charge in [0.05, 0.1) is 6.61 Å². The summed E-state index contributed by atoms with van der Waals surface area (Å²) in [5.41, 5.74) is -1.39. The first kappa shape index (κ1) is 16.6. The molecule has 1 aromatic rings. The van der Waals surface area contributed by atoms with Crippen molar-refractivity contribution < 1.29 is 31.9 Å². The van der Waals surface area contributed by atoms with Crippen LogP contribution in [-0.2, 0) is 15.7 Å². The maximum absolute atomic E-state index is 13.1. The number of carbonyl (C=O) groups excluding carboxylic acids is 2. The van der Waals surface area contributed by atoms with Crippen LogP contribution < -0.4 is 4.90 Å². The average molecular weight is 347 g/mol. The molecule has 3 heterocycles. The minimum atomic E-state index is -4.82. The van der Waals surface area contributed by atoms with Gasteiger partial charge in [-0.2, -0.15) is 18.2 Å². The zero-order chi connectivity index (χ0) is 17.5. The molecule has 0 spiro atoms. The number of ether oxygens (including phenoxy) is 1. The van der Waals surface area contributed by atoms with Crippen LogP contribution in [-0.4, -0.2) is 54.0 Å². The van der Waals surface area contributed by atoms with E-state index in [-0.39, 0.29) is 24.6 Å². The number of hydrogen-bond donors (Lipinski definition) is 0. The number of nitrogens with zero attached hydrogens (tertiary/aromatic N) is 3. The second-order valence-electron chi connectivity index (χ2n) is 5.62. The summed E-state index contributed by atoms with van der Waals surface area (Å²) in [6.45, 7) is 2.42. The lowest BCUT2D eigenvalue weighted by Crippen LogP contribution is -2.51. The monoisotopic (exact) mass is 347 g/mol. The highest BCUT2D eigenvalue weighted by atomic mass is 19.4. The second kappa shape index (κ2) is 5.99. The molecule has 0 aliphatic carbocycles. The molecule has 0 radical (unpaired) electrons. The summed E-state index contributed by atoms with van der Waals surface area (Å²) >= 11 is 0. The predicted octanol–water partition coefficient (Wildman–Crippen LogP) is 1.68. The number of hydrogen-bond acceptors (Lipinski definition) is 6. The van der Waals surface area contributed by atoms with Crippen LogP contribution in [0.1, 0.15) is 36.0 Å². The lowest BCUT2D eigenvalue weighted by molar-refractivity contribution is -0.141. The van der Waals surface area contributed by atoms with Gasteiger partial charge in [-0.15, -0.1) is 0 Å². The van der Waals surface area contributed by atoms with Crippen LogP contribution in [0.25, 0.3) is 0 Å². The molecule has 1 atom stereocenters. The molecule has 3 rings (SSSR count). The average Bonchev–Trinajstić information content (AvgIpc) is 3.11. The fraction of sp³-hybridized carbons (Fsp3) is 0.643. The lowest BCUT2D eigenvalue weighted by Gasteiger charge is -2.36. The van der Waals surface area contributed by atoms with Gasteiger partial charge in [0.2, 0.25) is 11.7 Å². The Kier molecular flexibility index (Phi) is 4.14. The number of halogens is 3. The molecule has 7 nitrogen and oxygen atoms in total. The van der Waals surface area contributed by atoms with Crippen molar-refractivity contribution in [3.8, 4) is 0 Å². The Morgan fingerprint density at radius 2 is 2.17 bits per heavy atom. The maximum atomic E-state index is 13.1. The molecule has 10 heteroatoms. The molecule has 1 amide bonds. The highest BCUT2D eigenvalue weighted by Gasteiger charge is 2.43. The molecule has 2 aliphatic heterocycles. The van der Waals surface area contributed by atoms with Gasteiger partial charge in [0.15, 0.2) is 5.69 Å². The zero-order valence-corrected chi connectivity index (χ0v) is 12.9. The van der Waals surface area contributed by atoms with Gasteiger partial charge in [-0.25, -0.2) is 4.79 Å². The zero-order valence-electron chi connectivity index (χ0n) is 12.9. The van der Waals surface area contributed by atoms with Crippen molar-refractivity contribution in [1.82, 2.24) is 9.88 Å². The molecule has 1 unspecified atom stereocenters. The van der Waals surface area contributed by atoms with Gasteiger partial charge in [-0.3, -0.25) is 4.79 Å². The van der Waals surface area contributed by atoms with Crippen LogP contribution in [0.4, 0.5) is 19.2 Å². The first-order chi connectivity index (χ1) is 11.3. The highest BCUT2D eigenvalue weighted by Crippen LogP contribution is 2.35. The molecule has 1 aromatic heterocycles. The number of esters is 1. The van der Waals surface area contributed by atoms with Crippen LogP contribution in [0.5, 0.6) is 0 Å². The van der Waals surface area contributed by atoms with E-state index >= 15 is 0 Å². The molecule has 132 valence electrons. The van der Waals surface area contributed by atoms with Gasteiger partial charge >= 0.3 is 12.1 Å². The summed E-state index contributed by atoms with van der Waals surface area (Å²) in [4.78, 5) is 30.1. The molecule has 0 aromatic carbocycles. The standard InChI is InChI=1S/C14H16F3N3O4/c1-2-23-12(22)10-11(14(15,16)17)18-13(24-10)19-5-6-20-8(7-19)3-4-9(20)21/h8H,2-7H2,1H3. The van der Waals surface area contributed by atoms with Crippen LogP contribution in [0, 0.1) is 0 Å². The van der Waals surface area contributed by atoms with E-state index in [0.29, 0.717) is 32.5 Å². The first-order valence-corrected chi connectivity index (χ1v) is 7.60. The Hall–Kier alpha value is -2.26. The molecule has 2 fully saturated rings. The van der Waals surface area contributed by atoms with Crippen molar-refractivity contribution in [1.29, 1.82) is 0 Å². The Morgan fingerprint density at radius 1 is 1.42 bits per heavy atom. The third-order valence-corrected chi connectivity index (χ3v) is 4.11. The van der Waals surface area contributed by atoms with Gasteiger partial charge in [-0.1, -0.05) is 0 Å². The minimum absolute atomic E-state index is 0.0512. The largest absolute Gasteiger partial charge is 0.460 e. The molecule has 2 saturated heterocycles. The molecular weight excluding hydrogens is 331 g/mol. The van der Waals surface area contributed by atoms with Gasteiger partial charge in [0, 0.05) is 32.1 Å². The van der Waals surface area contributed by atoms with E-state index in [2.05, 4.69) is 9.72 Å². The van der Waals surface area contributed by atoms with Crippen molar-refractivity contribution in [3.05, 3.63) is 11.5 Å². The van der Waals surface area contributed by atoms with Crippen molar-refractivity contribution in [2.45, 2.75) is 32.0 Å². The number of rotatable bonds is 3. The Balaban J connectivity index is 1.86. The van der Waals surface area contributed by atoms with Crippen LogP contribution in [0.2, 0.25) is 0 Å². The van der Waals surface area contributed by atoms with Crippen LogP contribution in [0.15, 0.2) is 4.42 Å². The van der Waals surface area contributed by atoms with E-state index in [1.807, 2.05) is 0 Å². The predicted molar refractivity (Wildman–Crippen MR) is 74.4 cm³/mol. The first-order valence-electron chi connectivity index (χ1n) is 7.60. The number of fused-ring (bicyclic) bond motifs is 1. The number of amides is 1. The summed E-state index contributed by atoms with van der Waals surface area (Å²) in [6.07, 6.45) is -3.74. The number of piperazine rings is 1. The number of anilines is 1. The van der Waals surface area contributed by atoms with Crippen molar-refractivity contribution in [2.75, 3.05) is 31.1 Å². The molecule has 2 aliphatic rings. The maximum Gasteiger partial charge on any atom is 0.437 e. The molecule has 0 N–H and O–H groups in total. The van der Waals surface area contributed by atoms with E-state index in [9.17, 15) is 22.8 Å². The summed E-state index contributed by atoms with van der Waals surface area (Å²) in [5.74, 6) is -2.09. The number of alkyl halides is 3. The number of oxazole rings is 1. The topological polar surface area (TPSA) is 75.9 Å². The summed E-state index contributed by atoms with van der Waals surface area (Å²) in [7, 11) is 0. The Labute approximate surface area is 135 Å². The Morgan fingerprint density at radius 3 is 2.83 bits per heavy atom. The summed E-state index contributed by atoms with van der Waals surface area (Å²) in [6, 6.07) is -0.345. The summed E-state index contributed by atoms with van der Waals surface area (Å²) in [5, 5.41) is 0. The van der Waals surface area contributed by atoms with E-state index in [0.717, 1.165) is 0 Å². The van der Waals surface area contributed by atoms with E-state index < -0.39 is 23.6 Å². The summed E-state index contributed by atoms with van der Waals surface area (Å²) < 4.78 is 49.0. The Bertz CT molecular complexity index is 658. The van der Waals surface area contributed by atoms with E-state index in [1.54, 1.807) is 4.90 Å². The normalized spacial score (nSPS) is 21.2. The molecule has 24 heavy (non-hydrogen) atoms. The SMILES string of the molecule is CCOC(=O)c1oc(N2CCN3C(=O)CCC3C2)nc1C(F)(F)F. The van der Waals surface area contributed by atoms with E-state index in [4.69, 9.17) is 4.42 Å². The lowest BCUT2D eigenvalue weighted by atomic mass is 10.2. The third-order valence-electron chi connectivity index (χ3n) is 4.11. The molecular formula is C14H16F3N3O4. The second-order valence-corrected chi connectivity index (χ2v) is 5.62. The van der Waals surface area contributed by atoms with Gasteiger partial charge < -0.3 is 19.0 Å². The molecule has 0 bridgehead atoms. The third kappa shape index (κ3) is 2.92. The van der Waals surface area contributed by atoms with Gasteiger partial charge in [0.25, 0.3) is 6.01 Å². The quantitative estimate of drug-likeness (QED) is 0.775. The number of carbonyl (C=O) groups is 2. The van der Waals surface area contributed by atoms with Crippen molar-refractivity contribution >= 4 is 17.9 Å².